The van der Waals surface area contributed by atoms with Crippen LogP contribution in [0, 0.1) is 0 Å². The van der Waals surface area contributed by atoms with Crippen LogP contribution in [0.5, 0.6) is 0 Å². The van der Waals surface area contributed by atoms with Crippen molar-refractivity contribution in [1.29, 1.82) is 0 Å². The maximum atomic E-state index is 13.0. The van der Waals surface area contributed by atoms with Crippen molar-refractivity contribution in [3.05, 3.63) is 35.9 Å². The molecule has 3 aliphatic rings. The second kappa shape index (κ2) is 8.04. The number of hydrogen-bond acceptors (Lipinski definition) is 5. The summed E-state index contributed by atoms with van der Waals surface area (Å²) in [4.78, 5) is 37.7. The van der Waals surface area contributed by atoms with Crippen molar-refractivity contribution >= 4 is 23.6 Å². The lowest BCUT2D eigenvalue weighted by Gasteiger charge is -2.33. The van der Waals surface area contributed by atoms with Gasteiger partial charge in [-0.3, -0.25) is 19.5 Å². The molecule has 1 aromatic rings. The number of hydrogen-bond donors (Lipinski definition) is 0. The van der Waals surface area contributed by atoms with Crippen LogP contribution in [0.15, 0.2) is 35.3 Å². The fourth-order valence-electron chi connectivity index (χ4n) is 4.20. The van der Waals surface area contributed by atoms with Gasteiger partial charge in [-0.05, 0) is 17.1 Å². The minimum absolute atomic E-state index is 0.214. The lowest BCUT2D eigenvalue weighted by atomic mass is 10.1. The van der Waals surface area contributed by atoms with E-state index in [4.69, 9.17) is 4.99 Å². The predicted octanol–water partition coefficient (Wildman–Crippen LogP) is 0.540. The molecule has 29 heavy (non-hydrogen) atoms. The van der Waals surface area contributed by atoms with Gasteiger partial charge in [0.05, 0.1) is 0 Å². The van der Waals surface area contributed by atoms with Gasteiger partial charge in [-0.15, -0.1) is 0 Å². The molecule has 0 aliphatic carbocycles. The molecule has 0 saturated carbocycles. The molecule has 1 aromatic carbocycles. The number of likely N-dealkylation sites (N-methyl/N-ethyl adjacent to an activating group) is 3. The third-order valence-corrected chi connectivity index (χ3v) is 6.09. The molecular formula is C21H29N6O2+. The smallest absolute Gasteiger partial charge is 0.301 e. The zero-order chi connectivity index (χ0) is 20.5. The third-order valence-electron chi connectivity index (χ3n) is 6.09. The Morgan fingerprint density at radius 1 is 1.00 bits per heavy atom. The monoisotopic (exact) mass is 397 g/mol. The van der Waals surface area contributed by atoms with Gasteiger partial charge in [-0.1, -0.05) is 37.3 Å². The highest BCUT2D eigenvalue weighted by Gasteiger charge is 2.53. The summed E-state index contributed by atoms with van der Waals surface area (Å²) in [5.74, 6) is 1.19. The molecule has 0 aromatic heterocycles. The topological polar surface area (TPSA) is 62.5 Å². The molecule has 0 N–H and O–H groups in total. The third kappa shape index (κ3) is 3.70. The highest BCUT2D eigenvalue weighted by atomic mass is 16.2. The van der Waals surface area contributed by atoms with E-state index in [1.54, 1.807) is 14.1 Å². The molecule has 1 atom stereocenters. The predicted molar refractivity (Wildman–Crippen MR) is 111 cm³/mol. The number of benzene rings is 1. The summed E-state index contributed by atoms with van der Waals surface area (Å²) in [5.41, 5.74) is 1.12. The number of amides is 3. The van der Waals surface area contributed by atoms with Crippen LogP contribution < -0.4 is 0 Å². The van der Waals surface area contributed by atoms with Crippen molar-refractivity contribution in [1.82, 2.24) is 19.6 Å². The van der Waals surface area contributed by atoms with Crippen LogP contribution in [0.3, 0.4) is 0 Å². The van der Waals surface area contributed by atoms with E-state index in [-0.39, 0.29) is 11.9 Å². The van der Waals surface area contributed by atoms with Gasteiger partial charge in [-0.2, -0.15) is 0 Å². The quantitative estimate of drug-likeness (QED) is 0.681. The zero-order valence-electron chi connectivity index (χ0n) is 17.4. The first-order valence-electron chi connectivity index (χ1n) is 10.2. The highest BCUT2D eigenvalue weighted by Crippen LogP contribution is 2.21. The van der Waals surface area contributed by atoms with Crippen molar-refractivity contribution < 1.29 is 14.2 Å². The Labute approximate surface area is 171 Å². The molecule has 2 saturated heterocycles. The largest absolute Gasteiger partial charge is 0.333 e. The van der Waals surface area contributed by atoms with Gasteiger partial charge in [0.15, 0.2) is 0 Å². The van der Waals surface area contributed by atoms with Crippen LogP contribution in [0.4, 0.5) is 4.79 Å². The summed E-state index contributed by atoms with van der Waals surface area (Å²) in [5, 5.41) is 0. The Hall–Kier alpha value is -2.58. The van der Waals surface area contributed by atoms with E-state index < -0.39 is 6.04 Å². The van der Waals surface area contributed by atoms with Crippen molar-refractivity contribution in [3.8, 4) is 0 Å². The normalized spacial score (nSPS) is 23.7. The van der Waals surface area contributed by atoms with E-state index in [2.05, 4.69) is 33.4 Å². The van der Waals surface area contributed by atoms with Crippen LogP contribution in [0.1, 0.15) is 12.5 Å². The van der Waals surface area contributed by atoms with Crippen molar-refractivity contribution in [2.45, 2.75) is 19.5 Å². The van der Waals surface area contributed by atoms with E-state index in [0.717, 1.165) is 44.1 Å². The lowest BCUT2D eigenvalue weighted by Crippen LogP contribution is -2.61. The maximum Gasteiger partial charge on any atom is 0.333 e. The highest BCUT2D eigenvalue weighted by molar-refractivity contribution is 6.23. The van der Waals surface area contributed by atoms with Gasteiger partial charge in [0.1, 0.15) is 13.1 Å². The summed E-state index contributed by atoms with van der Waals surface area (Å²) in [6.07, 6.45) is 0. The number of carbonyl (C=O) groups excluding carboxylic acids is 2. The lowest BCUT2D eigenvalue weighted by molar-refractivity contribution is -0.552. The fourth-order valence-corrected chi connectivity index (χ4v) is 4.20. The van der Waals surface area contributed by atoms with Crippen LogP contribution in [-0.4, -0.2) is 107 Å². The summed E-state index contributed by atoms with van der Waals surface area (Å²) < 4.78 is 2.07. The van der Waals surface area contributed by atoms with Gasteiger partial charge in [-0.25, -0.2) is 9.37 Å². The van der Waals surface area contributed by atoms with Gasteiger partial charge >= 0.3 is 11.9 Å². The summed E-state index contributed by atoms with van der Waals surface area (Å²) in [7, 11) is 3.24. The number of piperazine rings is 1. The Bertz CT molecular complexity index is 857. The molecule has 8 heteroatoms. The van der Waals surface area contributed by atoms with E-state index in [1.165, 1.54) is 9.80 Å². The van der Waals surface area contributed by atoms with Crippen molar-refractivity contribution in [2.24, 2.45) is 4.99 Å². The molecule has 4 rings (SSSR count). The molecular weight excluding hydrogens is 368 g/mol. The van der Waals surface area contributed by atoms with E-state index in [9.17, 15) is 9.59 Å². The van der Waals surface area contributed by atoms with E-state index in [0.29, 0.717) is 18.9 Å². The van der Waals surface area contributed by atoms with E-state index in [1.807, 2.05) is 18.2 Å². The zero-order valence-corrected chi connectivity index (χ0v) is 17.4. The Morgan fingerprint density at radius 2 is 1.66 bits per heavy atom. The van der Waals surface area contributed by atoms with Crippen molar-refractivity contribution in [3.63, 3.8) is 0 Å². The number of imide groups is 1. The minimum atomic E-state index is -0.546. The number of amidine groups is 2. The maximum absolute atomic E-state index is 13.0. The standard InChI is InChI=1S/C21H29N6O2/c1-4-25-10-12-26(13-11-25)15-17-22-19-18(20(28)24(3)21(29)23(19)2)27(17)14-16-8-6-5-7-9-16/h5-9,18H,4,10-15H2,1-3H3/q+1. The van der Waals surface area contributed by atoms with Crippen molar-refractivity contribution in [2.75, 3.05) is 53.4 Å². The summed E-state index contributed by atoms with van der Waals surface area (Å²) in [6, 6.07) is 9.22. The molecule has 0 radical (unpaired) electrons. The Morgan fingerprint density at radius 3 is 2.31 bits per heavy atom. The molecule has 0 bridgehead atoms. The van der Waals surface area contributed by atoms with E-state index >= 15 is 0 Å². The van der Waals surface area contributed by atoms with Gasteiger partial charge in [0.25, 0.3) is 17.8 Å². The number of fused-ring (bicyclic) bond motifs is 1. The minimum Gasteiger partial charge on any atom is -0.301 e. The average Bonchev–Trinajstić information content (AvgIpc) is 3.10. The number of rotatable bonds is 5. The van der Waals surface area contributed by atoms with Gasteiger partial charge < -0.3 is 4.90 Å². The number of urea groups is 1. The molecule has 2 fully saturated rings. The van der Waals surface area contributed by atoms with Crippen LogP contribution in [-0.2, 0) is 11.3 Å². The first-order chi connectivity index (χ1) is 14.0. The molecule has 3 heterocycles. The molecule has 0 spiro atoms. The Balaban J connectivity index is 1.64. The van der Waals surface area contributed by atoms with Crippen LogP contribution in [0.2, 0.25) is 0 Å². The molecule has 3 aliphatic heterocycles. The second-order valence-corrected chi connectivity index (χ2v) is 7.85. The molecule has 8 nitrogen and oxygen atoms in total. The van der Waals surface area contributed by atoms with Crippen LogP contribution in [0.25, 0.3) is 0 Å². The number of carbonyl (C=O) groups is 2. The molecule has 3 amide bonds. The Kier molecular flexibility index (Phi) is 5.47. The van der Waals surface area contributed by atoms with Gasteiger partial charge in [0.2, 0.25) is 0 Å². The first-order valence-corrected chi connectivity index (χ1v) is 10.2. The summed E-state index contributed by atoms with van der Waals surface area (Å²) in [6.45, 7) is 8.58. The first kappa shape index (κ1) is 19.7. The average molecular weight is 398 g/mol. The fraction of sp³-hybridized carbons (Fsp3) is 0.524. The van der Waals surface area contributed by atoms with Gasteiger partial charge in [0, 0.05) is 40.3 Å². The molecule has 154 valence electrons. The number of nitrogens with zero attached hydrogens (tertiary/aromatic N) is 6. The summed E-state index contributed by atoms with van der Waals surface area (Å²) >= 11 is 0. The SMILES string of the molecule is CCN1CCN(CC2=[N+](Cc3ccccc3)C3C(=O)N(C)C(=O)N(C)C3=N2)CC1. The number of aliphatic imine (C=N–C) groups is 1. The van der Waals surface area contributed by atoms with Crippen LogP contribution >= 0.6 is 0 Å². The molecule has 1 unspecified atom stereocenters. The second-order valence-electron chi connectivity index (χ2n) is 7.85.